The van der Waals surface area contributed by atoms with Gasteiger partial charge in [-0.15, -0.1) is 0 Å². The van der Waals surface area contributed by atoms with Crippen molar-refractivity contribution in [3.05, 3.63) is 28.2 Å². The second-order valence-electron chi connectivity index (χ2n) is 5.27. The molecule has 1 aromatic rings. The van der Waals surface area contributed by atoms with Gasteiger partial charge in [-0.25, -0.2) is 0 Å². The van der Waals surface area contributed by atoms with Crippen LogP contribution in [0.3, 0.4) is 0 Å². The van der Waals surface area contributed by atoms with E-state index >= 15 is 0 Å². The van der Waals surface area contributed by atoms with Gasteiger partial charge in [-0.1, -0.05) is 15.9 Å². The molecular weight excluding hydrogens is 266 g/mol. The molecule has 1 N–H and O–H groups in total. The molecule has 1 heterocycles. The summed E-state index contributed by atoms with van der Waals surface area (Å²) in [5.41, 5.74) is 1.39. The van der Waals surface area contributed by atoms with Gasteiger partial charge in [0, 0.05) is 28.0 Å². The molecule has 1 aromatic carbocycles. The van der Waals surface area contributed by atoms with E-state index in [0.717, 1.165) is 23.2 Å². The molecule has 0 radical (unpaired) electrons. The molecule has 88 valence electrons. The van der Waals surface area contributed by atoms with Crippen LogP contribution in [0.15, 0.2) is 22.7 Å². The summed E-state index contributed by atoms with van der Waals surface area (Å²) < 4.78 is 6.77. The van der Waals surface area contributed by atoms with Gasteiger partial charge in [0.2, 0.25) is 0 Å². The van der Waals surface area contributed by atoms with Gasteiger partial charge in [-0.3, -0.25) is 0 Å². The highest BCUT2D eigenvalue weighted by molar-refractivity contribution is 9.10. The fourth-order valence-corrected chi connectivity index (χ4v) is 2.42. The summed E-state index contributed by atoms with van der Waals surface area (Å²) in [6.45, 7) is 7.38. The van der Waals surface area contributed by atoms with Gasteiger partial charge in [-0.2, -0.15) is 0 Å². The van der Waals surface area contributed by atoms with Gasteiger partial charge in [0.05, 0.1) is 6.61 Å². The highest BCUT2D eigenvalue weighted by Crippen LogP contribution is 2.35. The molecule has 1 unspecified atom stereocenters. The summed E-state index contributed by atoms with van der Waals surface area (Å²) in [4.78, 5) is 0. The number of halogens is 1. The zero-order chi connectivity index (χ0) is 11.8. The maximum Gasteiger partial charge on any atom is 0.124 e. The molecule has 1 atom stereocenters. The lowest BCUT2D eigenvalue weighted by molar-refractivity contribution is 0.231. The molecule has 0 saturated carbocycles. The van der Waals surface area contributed by atoms with Crippen molar-refractivity contribution >= 4 is 15.9 Å². The predicted molar refractivity (Wildman–Crippen MR) is 69.9 cm³/mol. The lowest BCUT2D eigenvalue weighted by atomic mass is 9.97. The quantitative estimate of drug-likeness (QED) is 0.849. The minimum Gasteiger partial charge on any atom is -0.493 e. The first-order valence-electron chi connectivity index (χ1n) is 5.66. The van der Waals surface area contributed by atoms with Gasteiger partial charge in [0.25, 0.3) is 0 Å². The van der Waals surface area contributed by atoms with E-state index in [2.05, 4.69) is 48.1 Å². The summed E-state index contributed by atoms with van der Waals surface area (Å²) >= 11 is 3.51. The van der Waals surface area contributed by atoms with Crippen LogP contribution >= 0.6 is 15.9 Å². The Labute approximate surface area is 106 Å². The molecule has 0 bridgehead atoms. The molecule has 16 heavy (non-hydrogen) atoms. The molecule has 0 aromatic heterocycles. The zero-order valence-electron chi connectivity index (χ0n) is 10.0. The van der Waals surface area contributed by atoms with Crippen LogP contribution < -0.4 is 10.1 Å². The molecule has 1 aliphatic rings. The molecule has 2 nitrogen and oxygen atoms in total. The topological polar surface area (TPSA) is 21.3 Å². The second-order valence-corrected chi connectivity index (χ2v) is 6.18. The minimum absolute atomic E-state index is 0.127. The lowest BCUT2D eigenvalue weighted by Gasteiger charge is -2.33. The van der Waals surface area contributed by atoms with Gasteiger partial charge in [0.15, 0.2) is 0 Å². The van der Waals surface area contributed by atoms with Crippen LogP contribution in [0.25, 0.3) is 0 Å². The standard InChI is InChI=1S/C13H18BrNO/c1-13(2,3)15-11-6-7-16-12-5-4-9(14)8-10(11)12/h4-5,8,11,15H,6-7H2,1-3H3. The van der Waals surface area contributed by atoms with Crippen molar-refractivity contribution in [3.63, 3.8) is 0 Å². The first-order chi connectivity index (χ1) is 7.46. The molecule has 3 heteroatoms. The van der Waals surface area contributed by atoms with Crippen molar-refractivity contribution in [2.45, 2.75) is 38.8 Å². The molecule has 0 amide bonds. The van der Waals surface area contributed by atoms with Crippen LogP contribution in [-0.2, 0) is 0 Å². The number of benzene rings is 1. The highest BCUT2D eigenvalue weighted by atomic mass is 79.9. The van der Waals surface area contributed by atoms with Crippen LogP contribution in [0, 0.1) is 0 Å². The second kappa shape index (κ2) is 4.38. The summed E-state index contributed by atoms with van der Waals surface area (Å²) in [5, 5.41) is 3.64. The van der Waals surface area contributed by atoms with E-state index in [9.17, 15) is 0 Å². The Morgan fingerprint density at radius 2 is 2.12 bits per heavy atom. The van der Waals surface area contributed by atoms with Crippen LogP contribution in [0.5, 0.6) is 5.75 Å². The van der Waals surface area contributed by atoms with Gasteiger partial charge < -0.3 is 10.1 Å². The van der Waals surface area contributed by atoms with E-state index in [-0.39, 0.29) is 5.54 Å². The molecular formula is C13H18BrNO. The number of fused-ring (bicyclic) bond motifs is 1. The van der Waals surface area contributed by atoms with Crippen molar-refractivity contribution in [1.29, 1.82) is 0 Å². The van der Waals surface area contributed by atoms with Crippen LogP contribution in [0.1, 0.15) is 38.8 Å². The van der Waals surface area contributed by atoms with Crippen molar-refractivity contribution in [2.24, 2.45) is 0 Å². The maximum atomic E-state index is 5.66. The number of hydrogen-bond acceptors (Lipinski definition) is 2. The van der Waals surface area contributed by atoms with E-state index in [1.54, 1.807) is 0 Å². The van der Waals surface area contributed by atoms with Crippen molar-refractivity contribution in [3.8, 4) is 5.75 Å². The average molecular weight is 284 g/mol. The Morgan fingerprint density at radius 1 is 1.38 bits per heavy atom. The Hall–Kier alpha value is -0.540. The monoisotopic (exact) mass is 283 g/mol. The van der Waals surface area contributed by atoms with E-state index in [4.69, 9.17) is 4.74 Å². The Bertz CT molecular complexity index is 384. The highest BCUT2D eigenvalue weighted by Gasteiger charge is 2.25. The van der Waals surface area contributed by atoms with Gasteiger partial charge in [-0.05, 0) is 39.0 Å². The molecule has 0 fully saturated rings. The Kier molecular flexibility index (Phi) is 3.27. The van der Waals surface area contributed by atoms with E-state index in [0.29, 0.717) is 6.04 Å². The Morgan fingerprint density at radius 3 is 2.81 bits per heavy atom. The third-order valence-electron chi connectivity index (χ3n) is 2.62. The number of hydrogen-bond donors (Lipinski definition) is 1. The largest absolute Gasteiger partial charge is 0.493 e. The van der Waals surface area contributed by atoms with Crippen LogP contribution in [0.2, 0.25) is 0 Å². The fourth-order valence-electron chi connectivity index (χ4n) is 2.04. The van der Waals surface area contributed by atoms with Crippen molar-refractivity contribution < 1.29 is 4.74 Å². The number of nitrogens with one attached hydrogen (secondary N) is 1. The molecule has 0 aliphatic carbocycles. The van der Waals surface area contributed by atoms with Crippen LogP contribution in [0.4, 0.5) is 0 Å². The van der Waals surface area contributed by atoms with Crippen LogP contribution in [-0.4, -0.2) is 12.1 Å². The van der Waals surface area contributed by atoms with Crippen molar-refractivity contribution in [1.82, 2.24) is 5.32 Å². The number of ether oxygens (including phenoxy) is 1. The van der Waals surface area contributed by atoms with E-state index in [1.165, 1.54) is 5.56 Å². The molecule has 0 spiro atoms. The van der Waals surface area contributed by atoms with E-state index in [1.807, 2.05) is 12.1 Å². The number of rotatable bonds is 1. The lowest BCUT2D eigenvalue weighted by Crippen LogP contribution is -2.40. The van der Waals surface area contributed by atoms with Crippen molar-refractivity contribution in [2.75, 3.05) is 6.61 Å². The predicted octanol–water partition coefficient (Wildman–Crippen LogP) is 3.66. The van der Waals surface area contributed by atoms with Gasteiger partial charge in [0.1, 0.15) is 5.75 Å². The zero-order valence-corrected chi connectivity index (χ0v) is 11.6. The maximum absolute atomic E-state index is 5.66. The Balaban J connectivity index is 2.28. The average Bonchev–Trinajstić information content (AvgIpc) is 2.17. The fraction of sp³-hybridized carbons (Fsp3) is 0.538. The SMILES string of the molecule is CC(C)(C)NC1CCOc2ccc(Br)cc21. The summed E-state index contributed by atoms with van der Waals surface area (Å²) in [6, 6.07) is 6.60. The summed E-state index contributed by atoms with van der Waals surface area (Å²) in [5.74, 6) is 1.01. The molecule has 0 saturated heterocycles. The normalized spacial score (nSPS) is 20.1. The third-order valence-corrected chi connectivity index (χ3v) is 3.11. The van der Waals surface area contributed by atoms with E-state index < -0.39 is 0 Å². The first-order valence-corrected chi connectivity index (χ1v) is 6.45. The molecule has 1 aliphatic heterocycles. The minimum atomic E-state index is 0.127. The molecule has 2 rings (SSSR count). The first kappa shape index (κ1) is 11.9. The third kappa shape index (κ3) is 2.77. The van der Waals surface area contributed by atoms with Gasteiger partial charge >= 0.3 is 0 Å². The summed E-state index contributed by atoms with van der Waals surface area (Å²) in [7, 11) is 0. The summed E-state index contributed by atoms with van der Waals surface area (Å²) in [6.07, 6.45) is 1.03. The smallest absolute Gasteiger partial charge is 0.124 e.